The molecule has 0 atom stereocenters. The fourth-order valence-corrected chi connectivity index (χ4v) is 7.57. The molecule has 0 saturated heterocycles. The van der Waals surface area contributed by atoms with Crippen molar-refractivity contribution in [1.82, 2.24) is 19.5 Å². The average Bonchev–Trinajstić information content (AvgIpc) is 3.61. The summed E-state index contributed by atoms with van der Waals surface area (Å²) in [6, 6.07) is 72.4. The topological polar surface area (TPSA) is 43.6 Å². The van der Waals surface area contributed by atoms with E-state index in [1.165, 1.54) is 44.1 Å². The zero-order valence-corrected chi connectivity index (χ0v) is 29.9. The molecule has 10 aromatic rings. The Kier molecular flexibility index (Phi) is 8.12. The van der Waals surface area contributed by atoms with Gasteiger partial charge in [-0.05, 0) is 57.6 Å². The zero-order chi connectivity index (χ0) is 36.6. The van der Waals surface area contributed by atoms with E-state index in [4.69, 9.17) is 15.0 Å². The molecule has 0 amide bonds. The Morgan fingerprint density at radius 1 is 0.273 bits per heavy atom. The molecule has 0 aliphatic carbocycles. The van der Waals surface area contributed by atoms with Crippen LogP contribution in [0.15, 0.2) is 206 Å². The number of rotatable bonds is 7. The third-order valence-electron chi connectivity index (χ3n) is 10.3. The van der Waals surface area contributed by atoms with Crippen LogP contribution >= 0.6 is 0 Å². The summed E-state index contributed by atoms with van der Waals surface area (Å²) in [5.41, 5.74) is 13.4. The van der Waals surface area contributed by atoms with Crippen LogP contribution in [-0.2, 0) is 0 Å². The lowest BCUT2D eigenvalue weighted by molar-refractivity contribution is 1.07. The third kappa shape index (κ3) is 6.06. The second kappa shape index (κ2) is 13.8. The minimum absolute atomic E-state index is 0.645. The number of benzene rings is 8. The van der Waals surface area contributed by atoms with E-state index in [0.29, 0.717) is 17.5 Å². The minimum atomic E-state index is 0.645. The fourth-order valence-electron chi connectivity index (χ4n) is 7.57. The summed E-state index contributed by atoms with van der Waals surface area (Å²) in [5.74, 6) is 1.95. The van der Waals surface area contributed by atoms with Crippen molar-refractivity contribution in [2.45, 2.75) is 0 Å². The summed E-state index contributed by atoms with van der Waals surface area (Å²) in [7, 11) is 0. The summed E-state index contributed by atoms with van der Waals surface area (Å²) in [4.78, 5) is 14.7. The van der Waals surface area contributed by atoms with Crippen molar-refractivity contribution in [3.63, 3.8) is 0 Å². The van der Waals surface area contributed by atoms with Crippen LogP contribution < -0.4 is 0 Å². The van der Waals surface area contributed by atoms with Crippen molar-refractivity contribution in [2.24, 2.45) is 0 Å². The molecule has 55 heavy (non-hydrogen) atoms. The van der Waals surface area contributed by atoms with E-state index in [2.05, 4.69) is 150 Å². The van der Waals surface area contributed by atoms with E-state index >= 15 is 0 Å². The molecule has 0 spiro atoms. The molecular weight excluding hydrogens is 669 g/mol. The number of hydrogen-bond acceptors (Lipinski definition) is 3. The highest BCUT2D eigenvalue weighted by Crippen LogP contribution is 2.38. The summed E-state index contributed by atoms with van der Waals surface area (Å²) >= 11 is 0. The molecule has 2 aromatic heterocycles. The molecule has 4 nitrogen and oxygen atoms in total. The first-order valence-corrected chi connectivity index (χ1v) is 18.5. The van der Waals surface area contributed by atoms with Crippen LogP contribution in [0.3, 0.4) is 0 Å². The lowest BCUT2D eigenvalue weighted by Crippen LogP contribution is -2.00. The van der Waals surface area contributed by atoms with Crippen LogP contribution in [0.1, 0.15) is 0 Å². The lowest BCUT2D eigenvalue weighted by atomic mass is 9.94. The summed E-state index contributed by atoms with van der Waals surface area (Å²) in [6.07, 6.45) is 0. The molecule has 10 rings (SSSR count). The first-order chi connectivity index (χ1) is 27.3. The zero-order valence-electron chi connectivity index (χ0n) is 29.9. The van der Waals surface area contributed by atoms with Crippen LogP contribution in [0.5, 0.6) is 0 Å². The van der Waals surface area contributed by atoms with Gasteiger partial charge in [0.2, 0.25) is 0 Å². The largest absolute Gasteiger partial charge is 0.309 e. The van der Waals surface area contributed by atoms with Crippen molar-refractivity contribution in [3.05, 3.63) is 206 Å². The molecule has 258 valence electrons. The highest BCUT2D eigenvalue weighted by molar-refractivity contribution is 6.10. The van der Waals surface area contributed by atoms with Crippen LogP contribution in [0.25, 0.3) is 95.0 Å². The molecule has 0 aliphatic heterocycles. The Balaban J connectivity index is 1.01. The smallest absolute Gasteiger partial charge is 0.164 e. The second-order valence-electron chi connectivity index (χ2n) is 13.7. The Labute approximate surface area is 319 Å². The predicted octanol–water partition coefficient (Wildman–Crippen LogP) is 13.0. The number of fused-ring (bicyclic) bond motifs is 3. The number of hydrogen-bond donors (Lipinski definition) is 0. The second-order valence-corrected chi connectivity index (χ2v) is 13.7. The maximum Gasteiger partial charge on any atom is 0.164 e. The Hall–Kier alpha value is -7.43. The van der Waals surface area contributed by atoms with E-state index in [1.54, 1.807) is 0 Å². The first-order valence-electron chi connectivity index (χ1n) is 18.5. The third-order valence-corrected chi connectivity index (χ3v) is 10.3. The van der Waals surface area contributed by atoms with Gasteiger partial charge in [-0.3, -0.25) is 0 Å². The molecule has 0 radical (unpaired) electrons. The molecular formula is C51H34N4. The number of para-hydroxylation sites is 1. The highest BCUT2D eigenvalue weighted by atomic mass is 15.0. The van der Waals surface area contributed by atoms with Gasteiger partial charge in [-0.1, -0.05) is 182 Å². The van der Waals surface area contributed by atoms with E-state index in [0.717, 1.165) is 33.5 Å². The molecule has 0 aliphatic rings. The standard InChI is InChI=1S/C51H34N4/c1-4-14-37(15-5-1)43-20-10-11-21-44(43)41-30-33-46-45-22-12-13-23-47(45)55(48(46)34-41)42-31-28-36(29-32-42)35-24-26-40(27-25-35)51-53-49(38-16-6-2-7-17-38)52-50(54-51)39-18-8-3-9-19-39/h1-34H. The molecule has 0 fully saturated rings. The molecule has 4 heteroatoms. The van der Waals surface area contributed by atoms with Gasteiger partial charge in [0.1, 0.15) is 0 Å². The Bertz CT molecular complexity index is 2880. The molecule has 0 unspecified atom stereocenters. The highest BCUT2D eigenvalue weighted by Gasteiger charge is 2.16. The minimum Gasteiger partial charge on any atom is -0.309 e. The molecule has 0 N–H and O–H groups in total. The van der Waals surface area contributed by atoms with Crippen LogP contribution in [0.4, 0.5) is 0 Å². The Morgan fingerprint density at radius 2 is 0.673 bits per heavy atom. The van der Waals surface area contributed by atoms with Gasteiger partial charge in [-0.15, -0.1) is 0 Å². The van der Waals surface area contributed by atoms with Gasteiger partial charge in [0.25, 0.3) is 0 Å². The number of nitrogens with zero attached hydrogens (tertiary/aromatic N) is 4. The molecule has 0 saturated carbocycles. The molecule has 0 bridgehead atoms. The monoisotopic (exact) mass is 702 g/mol. The van der Waals surface area contributed by atoms with Gasteiger partial charge in [0.15, 0.2) is 17.5 Å². The average molecular weight is 703 g/mol. The van der Waals surface area contributed by atoms with Crippen LogP contribution in [0.2, 0.25) is 0 Å². The summed E-state index contributed by atoms with van der Waals surface area (Å²) < 4.78 is 2.39. The molecule has 2 heterocycles. The normalized spacial score (nSPS) is 11.3. The lowest BCUT2D eigenvalue weighted by Gasteiger charge is -2.13. The summed E-state index contributed by atoms with van der Waals surface area (Å²) in [6.45, 7) is 0. The predicted molar refractivity (Wildman–Crippen MR) is 227 cm³/mol. The van der Waals surface area contributed by atoms with Gasteiger partial charge < -0.3 is 4.57 Å². The van der Waals surface area contributed by atoms with Crippen molar-refractivity contribution in [3.8, 4) is 73.2 Å². The quantitative estimate of drug-likeness (QED) is 0.166. The van der Waals surface area contributed by atoms with Gasteiger partial charge in [0, 0.05) is 33.2 Å². The maximum absolute atomic E-state index is 4.91. The number of aromatic nitrogens is 4. The SMILES string of the molecule is c1ccc(-c2nc(-c3ccccc3)nc(-c3ccc(-c4ccc(-n5c6ccccc6c6ccc(-c7ccccc7-c7ccccc7)cc65)cc4)cc3)n2)cc1. The first kappa shape index (κ1) is 32.2. The van der Waals surface area contributed by atoms with E-state index in [1.807, 2.05) is 60.7 Å². The molecule has 8 aromatic carbocycles. The van der Waals surface area contributed by atoms with E-state index in [9.17, 15) is 0 Å². The fraction of sp³-hybridized carbons (Fsp3) is 0. The van der Waals surface area contributed by atoms with Gasteiger partial charge in [0.05, 0.1) is 11.0 Å². The van der Waals surface area contributed by atoms with Gasteiger partial charge >= 0.3 is 0 Å². The van der Waals surface area contributed by atoms with Crippen LogP contribution in [-0.4, -0.2) is 19.5 Å². The van der Waals surface area contributed by atoms with Gasteiger partial charge in [-0.2, -0.15) is 0 Å². The Morgan fingerprint density at radius 3 is 1.25 bits per heavy atom. The van der Waals surface area contributed by atoms with Crippen molar-refractivity contribution in [1.29, 1.82) is 0 Å². The van der Waals surface area contributed by atoms with Crippen molar-refractivity contribution in [2.75, 3.05) is 0 Å². The summed E-state index contributed by atoms with van der Waals surface area (Å²) in [5, 5.41) is 2.48. The van der Waals surface area contributed by atoms with Crippen molar-refractivity contribution < 1.29 is 0 Å². The van der Waals surface area contributed by atoms with Crippen LogP contribution in [0, 0.1) is 0 Å². The van der Waals surface area contributed by atoms with E-state index in [-0.39, 0.29) is 0 Å². The van der Waals surface area contributed by atoms with E-state index < -0.39 is 0 Å². The maximum atomic E-state index is 4.91. The van der Waals surface area contributed by atoms with Crippen molar-refractivity contribution >= 4 is 21.8 Å². The van der Waals surface area contributed by atoms with Gasteiger partial charge in [-0.25, -0.2) is 15.0 Å².